The van der Waals surface area contributed by atoms with E-state index in [1.54, 1.807) is 0 Å². The molecule has 0 bridgehead atoms. The summed E-state index contributed by atoms with van der Waals surface area (Å²) in [6, 6.07) is 6.62. The van der Waals surface area contributed by atoms with Crippen molar-refractivity contribution in [1.82, 2.24) is 10.2 Å². The molecule has 0 aliphatic carbocycles. The summed E-state index contributed by atoms with van der Waals surface area (Å²) in [5.74, 6) is 0.651. The van der Waals surface area contributed by atoms with Crippen LogP contribution in [-0.2, 0) is 6.54 Å². The van der Waals surface area contributed by atoms with E-state index >= 15 is 0 Å². The highest BCUT2D eigenvalue weighted by Gasteiger charge is 2.13. The molecular weight excluding hydrogens is 326 g/mol. The number of benzene rings is 1. The van der Waals surface area contributed by atoms with E-state index in [9.17, 15) is 0 Å². The minimum absolute atomic E-state index is 0.651. The molecule has 1 aromatic rings. The van der Waals surface area contributed by atoms with Crippen molar-refractivity contribution < 1.29 is 0 Å². The molecule has 0 spiro atoms. The van der Waals surface area contributed by atoms with Crippen molar-refractivity contribution in [1.29, 1.82) is 0 Å². The first-order valence-corrected chi connectivity index (χ1v) is 8.62. The molecule has 0 fully saturated rings. The lowest BCUT2D eigenvalue weighted by atomic mass is 10.1. The maximum atomic E-state index is 3.62. The van der Waals surface area contributed by atoms with Crippen LogP contribution in [0.4, 0.5) is 5.69 Å². The third-order valence-electron chi connectivity index (χ3n) is 3.36. The molecule has 21 heavy (non-hydrogen) atoms. The van der Waals surface area contributed by atoms with E-state index < -0.39 is 0 Å². The third-order valence-corrected chi connectivity index (χ3v) is 3.85. The van der Waals surface area contributed by atoms with Gasteiger partial charge in [-0.2, -0.15) is 0 Å². The normalized spacial score (nSPS) is 11.4. The van der Waals surface area contributed by atoms with Gasteiger partial charge in [0.15, 0.2) is 0 Å². The fraction of sp³-hybridized carbons (Fsp3) is 0.647. The minimum atomic E-state index is 0.651. The number of nitrogens with one attached hydrogen (secondary N) is 1. The maximum Gasteiger partial charge on any atom is 0.0423 e. The van der Waals surface area contributed by atoms with Gasteiger partial charge in [-0.3, -0.25) is 0 Å². The van der Waals surface area contributed by atoms with Crippen molar-refractivity contribution in [2.24, 2.45) is 5.92 Å². The van der Waals surface area contributed by atoms with Gasteiger partial charge >= 0.3 is 0 Å². The molecule has 0 aliphatic rings. The van der Waals surface area contributed by atoms with E-state index in [2.05, 4.69) is 84.1 Å². The molecule has 0 heterocycles. The maximum absolute atomic E-state index is 3.62. The molecular formula is C17H30BrN3. The topological polar surface area (TPSA) is 18.5 Å². The second-order valence-electron chi connectivity index (χ2n) is 6.20. The van der Waals surface area contributed by atoms with Gasteiger partial charge in [0.25, 0.3) is 0 Å². The van der Waals surface area contributed by atoms with Gasteiger partial charge in [0, 0.05) is 36.3 Å². The van der Waals surface area contributed by atoms with Crippen LogP contribution in [-0.4, -0.2) is 45.2 Å². The van der Waals surface area contributed by atoms with Crippen LogP contribution in [0.2, 0.25) is 0 Å². The average Bonchev–Trinajstić information content (AvgIpc) is 2.41. The van der Waals surface area contributed by atoms with Gasteiger partial charge < -0.3 is 15.1 Å². The molecule has 0 amide bonds. The van der Waals surface area contributed by atoms with E-state index in [1.165, 1.54) is 11.3 Å². The second-order valence-corrected chi connectivity index (χ2v) is 7.11. The molecule has 0 aromatic heterocycles. The van der Waals surface area contributed by atoms with Crippen molar-refractivity contribution in [3.05, 3.63) is 28.2 Å². The van der Waals surface area contributed by atoms with Gasteiger partial charge in [-0.15, -0.1) is 0 Å². The SMILES string of the molecule is CCNCc1ccc(Br)cc1N(CCN(C)C)CC(C)C. The summed E-state index contributed by atoms with van der Waals surface area (Å²) < 4.78 is 1.15. The van der Waals surface area contributed by atoms with Crippen LogP contribution in [0.3, 0.4) is 0 Å². The zero-order valence-corrected chi connectivity index (χ0v) is 15.7. The predicted molar refractivity (Wildman–Crippen MR) is 97.1 cm³/mol. The third kappa shape index (κ3) is 6.81. The van der Waals surface area contributed by atoms with Crippen LogP contribution < -0.4 is 10.2 Å². The molecule has 0 unspecified atom stereocenters. The van der Waals surface area contributed by atoms with Crippen LogP contribution in [0, 0.1) is 5.92 Å². The number of hydrogen-bond donors (Lipinski definition) is 1. The van der Waals surface area contributed by atoms with E-state index in [1.807, 2.05) is 0 Å². The molecule has 0 saturated heterocycles. The second kappa shape index (κ2) is 9.44. The lowest BCUT2D eigenvalue weighted by molar-refractivity contribution is 0.408. The molecule has 4 heteroatoms. The highest BCUT2D eigenvalue weighted by molar-refractivity contribution is 9.10. The summed E-state index contributed by atoms with van der Waals surface area (Å²) >= 11 is 3.62. The van der Waals surface area contributed by atoms with Crippen LogP contribution in [0.15, 0.2) is 22.7 Å². The van der Waals surface area contributed by atoms with Crippen molar-refractivity contribution in [2.75, 3.05) is 45.2 Å². The van der Waals surface area contributed by atoms with E-state index in [0.29, 0.717) is 5.92 Å². The van der Waals surface area contributed by atoms with E-state index in [4.69, 9.17) is 0 Å². The Morgan fingerprint density at radius 3 is 2.48 bits per heavy atom. The van der Waals surface area contributed by atoms with E-state index in [-0.39, 0.29) is 0 Å². The first kappa shape index (κ1) is 18.5. The van der Waals surface area contributed by atoms with Gasteiger partial charge in [-0.1, -0.05) is 42.8 Å². The summed E-state index contributed by atoms with van der Waals surface area (Å²) in [4.78, 5) is 4.76. The summed E-state index contributed by atoms with van der Waals surface area (Å²) in [6.45, 7) is 11.8. The fourth-order valence-corrected chi connectivity index (χ4v) is 2.66. The Labute approximate surface area is 138 Å². The smallest absolute Gasteiger partial charge is 0.0423 e. The highest BCUT2D eigenvalue weighted by atomic mass is 79.9. The van der Waals surface area contributed by atoms with Crippen LogP contribution >= 0.6 is 15.9 Å². The van der Waals surface area contributed by atoms with Gasteiger partial charge in [0.1, 0.15) is 0 Å². The molecule has 0 radical (unpaired) electrons. The van der Waals surface area contributed by atoms with Crippen LogP contribution in [0.5, 0.6) is 0 Å². The number of hydrogen-bond acceptors (Lipinski definition) is 3. The van der Waals surface area contributed by atoms with Crippen molar-refractivity contribution in [2.45, 2.75) is 27.3 Å². The predicted octanol–water partition coefficient (Wildman–Crippen LogP) is 3.58. The number of anilines is 1. The Morgan fingerprint density at radius 1 is 1.19 bits per heavy atom. The molecule has 1 N–H and O–H groups in total. The zero-order valence-electron chi connectivity index (χ0n) is 14.1. The molecule has 3 nitrogen and oxygen atoms in total. The lowest BCUT2D eigenvalue weighted by Crippen LogP contribution is -2.35. The average molecular weight is 356 g/mol. The molecule has 1 rings (SSSR count). The van der Waals surface area contributed by atoms with Gasteiger partial charge in [0.2, 0.25) is 0 Å². The van der Waals surface area contributed by atoms with Gasteiger partial charge in [-0.25, -0.2) is 0 Å². The van der Waals surface area contributed by atoms with Crippen molar-refractivity contribution in [3.63, 3.8) is 0 Å². The van der Waals surface area contributed by atoms with Crippen LogP contribution in [0.25, 0.3) is 0 Å². The monoisotopic (exact) mass is 355 g/mol. The van der Waals surface area contributed by atoms with Crippen molar-refractivity contribution in [3.8, 4) is 0 Å². The Morgan fingerprint density at radius 2 is 1.90 bits per heavy atom. The Balaban J connectivity index is 2.99. The number of rotatable bonds is 9. The summed E-state index contributed by atoms with van der Waals surface area (Å²) in [7, 11) is 4.27. The number of halogens is 1. The zero-order chi connectivity index (χ0) is 15.8. The first-order chi connectivity index (χ1) is 9.93. The number of nitrogens with zero attached hydrogens (tertiary/aromatic N) is 2. The summed E-state index contributed by atoms with van der Waals surface area (Å²) in [5.41, 5.74) is 2.72. The molecule has 1 aromatic carbocycles. The highest BCUT2D eigenvalue weighted by Crippen LogP contribution is 2.26. The van der Waals surface area contributed by atoms with Crippen molar-refractivity contribution >= 4 is 21.6 Å². The molecule has 120 valence electrons. The molecule has 0 atom stereocenters. The fourth-order valence-electron chi connectivity index (χ4n) is 2.31. The van der Waals surface area contributed by atoms with Gasteiger partial charge in [0.05, 0.1) is 0 Å². The Kier molecular flexibility index (Phi) is 8.30. The minimum Gasteiger partial charge on any atom is -0.370 e. The van der Waals surface area contributed by atoms with Gasteiger partial charge in [-0.05, 0) is 44.3 Å². The Hall–Kier alpha value is -0.580. The largest absolute Gasteiger partial charge is 0.370 e. The molecule has 0 saturated carbocycles. The standard InChI is InChI=1S/C17H30BrN3/c1-6-19-12-15-7-8-16(18)11-17(15)21(13-14(2)3)10-9-20(4)5/h7-8,11,14,19H,6,9-10,12-13H2,1-5H3. The first-order valence-electron chi connectivity index (χ1n) is 7.82. The Bertz CT molecular complexity index is 418. The quantitative estimate of drug-likeness (QED) is 0.730. The molecule has 0 aliphatic heterocycles. The summed E-state index contributed by atoms with van der Waals surface area (Å²) in [6.07, 6.45) is 0. The summed E-state index contributed by atoms with van der Waals surface area (Å²) in [5, 5.41) is 3.45. The van der Waals surface area contributed by atoms with Crippen LogP contribution in [0.1, 0.15) is 26.3 Å². The number of likely N-dealkylation sites (N-methyl/N-ethyl adjacent to an activating group) is 1. The van der Waals surface area contributed by atoms with E-state index in [0.717, 1.165) is 37.2 Å². The lowest BCUT2D eigenvalue weighted by Gasteiger charge is -2.30.